The molecule has 0 bridgehead atoms. The van der Waals surface area contributed by atoms with Gasteiger partial charge in [0.15, 0.2) is 11.5 Å². The minimum atomic E-state index is -0.954. The minimum Gasteiger partial charge on any atom is -0.493 e. The first-order valence-corrected chi connectivity index (χ1v) is 9.95. The van der Waals surface area contributed by atoms with Gasteiger partial charge in [0.05, 0.1) is 12.7 Å². The second-order valence-electron chi connectivity index (χ2n) is 6.21. The molecule has 0 aliphatic heterocycles. The zero-order valence-corrected chi connectivity index (χ0v) is 18.0. The number of halogens is 2. The fourth-order valence-corrected chi connectivity index (χ4v) is 3.30. The Morgan fingerprint density at radius 2 is 1.76 bits per heavy atom. The van der Waals surface area contributed by atoms with Gasteiger partial charge in [-0.1, -0.05) is 39.7 Å². The Morgan fingerprint density at radius 3 is 2.38 bits per heavy atom. The highest BCUT2D eigenvalue weighted by atomic mass is 79.9. The van der Waals surface area contributed by atoms with Crippen LogP contribution in [0.2, 0.25) is 5.02 Å². The molecule has 3 aromatic rings. The number of aromatic carboxylic acids is 1. The molecule has 5 nitrogen and oxygen atoms in total. The molecule has 7 heteroatoms. The van der Waals surface area contributed by atoms with Crippen LogP contribution in [-0.4, -0.2) is 18.2 Å². The molecule has 0 aromatic heterocycles. The fourth-order valence-electron chi connectivity index (χ4n) is 2.72. The van der Waals surface area contributed by atoms with Gasteiger partial charge < -0.3 is 19.9 Å². The van der Waals surface area contributed by atoms with Crippen molar-refractivity contribution in [1.82, 2.24) is 0 Å². The summed E-state index contributed by atoms with van der Waals surface area (Å²) in [7, 11) is 1.60. The molecular weight excluding hydrogens is 458 g/mol. The van der Waals surface area contributed by atoms with Gasteiger partial charge in [-0.3, -0.25) is 0 Å². The summed E-state index contributed by atoms with van der Waals surface area (Å²) in [5, 5.41) is 13.0. The summed E-state index contributed by atoms with van der Waals surface area (Å²) < 4.78 is 12.4. The first-order valence-electron chi connectivity index (χ1n) is 8.77. The summed E-state index contributed by atoms with van der Waals surface area (Å²) >= 11 is 9.52. The molecule has 3 rings (SSSR count). The molecule has 0 saturated carbocycles. The van der Waals surface area contributed by atoms with E-state index in [4.69, 9.17) is 26.2 Å². The molecule has 150 valence electrons. The SMILES string of the molecule is COc1ccc(Br)c(CNc2ccc(C(=O)O)cc2)c1OCc1ccc(Cl)cc1. The Hall–Kier alpha value is -2.70. The largest absolute Gasteiger partial charge is 0.493 e. The average molecular weight is 477 g/mol. The Labute approximate surface area is 182 Å². The van der Waals surface area contributed by atoms with Crippen molar-refractivity contribution in [2.24, 2.45) is 0 Å². The second-order valence-corrected chi connectivity index (χ2v) is 7.50. The molecule has 0 heterocycles. The van der Waals surface area contributed by atoms with E-state index in [1.165, 1.54) is 0 Å². The van der Waals surface area contributed by atoms with Crippen LogP contribution in [0.3, 0.4) is 0 Å². The summed E-state index contributed by atoms with van der Waals surface area (Å²) in [6.07, 6.45) is 0. The quantitative estimate of drug-likeness (QED) is 0.417. The number of hydrogen-bond acceptors (Lipinski definition) is 4. The zero-order chi connectivity index (χ0) is 20.8. The number of anilines is 1. The molecule has 0 saturated heterocycles. The number of rotatable bonds is 8. The van der Waals surface area contributed by atoms with E-state index in [1.54, 1.807) is 31.4 Å². The van der Waals surface area contributed by atoms with Crippen LogP contribution >= 0.6 is 27.5 Å². The normalized spacial score (nSPS) is 10.4. The second kappa shape index (κ2) is 9.67. The molecule has 0 atom stereocenters. The van der Waals surface area contributed by atoms with Crippen LogP contribution in [0.15, 0.2) is 65.1 Å². The van der Waals surface area contributed by atoms with Gasteiger partial charge in [0.1, 0.15) is 6.61 Å². The fraction of sp³-hybridized carbons (Fsp3) is 0.136. The van der Waals surface area contributed by atoms with Crippen LogP contribution in [0.1, 0.15) is 21.5 Å². The number of nitrogens with one attached hydrogen (secondary N) is 1. The predicted molar refractivity (Wildman–Crippen MR) is 117 cm³/mol. The van der Waals surface area contributed by atoms with Crippen LogP contribution in [0.5, 0.6) is 11.5 Å². The lowest BCUT2D eigenvalue weighted by atomic mass is 10.1. The van der Waals surface area contributed by atoms with Gasteiger partial charge in [-0.25, -0.2) is 4.79 Å². The van der Waals surface area contributed by atoms with Gasteiger partial charge in [0, 0.05) is 27.3 Å². The highest BCUT2D eigenvalue weighted by Gasteiger charge is 2.15. The molecule has 0 radical (unpaired) electrons. The minimum absolute atomic E-state index is 0.241. The van der Waals surface area contributed by atoms with E-state index in [2.05, 4.69) is 21.2 Å². The first-order chi connectivity index (χ1) is 14.0. The van der Waals surface area contributed by atoms with Gasteiger partial charge >= 0.3 is 5.97 Å². The Balaban J connectivity index is 1.79. The molecule has 0 fully saturated rings. The molecular formula is C22H19BrClNO4. The van der Waals surface area contributed by atoms with Crippen molar-refractivity contribution in [3.63, 3.8) is 0 Å². The number of ether oxygens (including phenoxy) is 2. The van der Waals surface area contributed by atoms with Gasteiger partial charge in [-0.15, -0.1) is 0 Å². The van der Waals surface area contributed by atoms with E-state index < -0.39 is 5.97 Å². The average Bonchev–Trinajstić information content (AvgIpc) is 2.73. The van der Waals surface area contributed by atoms with E-state index in [0.29, 0.717) is 29.7 Å². The highest BCUT2D eigenvalue weighted by molar-refractivity contribution is 9.10. The van der Waals surface area contributed by atoms with E-state index in [1.807, 2.05) is 36.4 Å². The number of hydrogen-bond donors (Lipinski definition) is 2. The number of methoxy groups -OCH3 is 1. The van der Waals surface area contributed by atoms with Crippen LogP contribution in [-0.2, 0) is 13.2 Å². The number of carboxylic acid groups (broad SMARTS) is 1. The lowest BCUT2D eigenvalue weighted by molar-refractivity contribution is 0.0697. The third kappa shape index (κ3) is 5.43. The lowest BCUT2D eigenvalue weighted by Crippen LogP contribution is -2.06. The van der Waals surface area contributed by atoms with Gasteiger partial charge in [0.2, 0.25) is 0 Å². The highest BCUT2D eigenvalue weighted by Crippen LogP contribution is 2.37. The Morgan fingerprint density at radius 1 is 1.07 bits per heavy atom. The maximum Gasteiger partial charge on any atom is 0.335 e. The van der Waals surface area contributed by atoms with Crippen molar-refractivity contribution in [3.8, 4) is 11.5 Å². The summed E-state index contributed by atoms with van der Waals surface area (Å²) in [4.78, 5) is 11.0. The molecule has 2 N–H and O–H groups in total. The van der Waals surface area contributed by atoms with Crippen LogP contribution in [0.4, 0.5) is 5.69 Å². The Bertz CT molecular complexity index is 991. The van der Waals surface area contributed by atoms with Gasteiger partial charge in [0.25, 0.3) is 0 Å². The summed E-state index contributed by atoms with van der Waals surface area (Å²) in [5.41, 5.74) is 2.92. The van der Waals surface area contributed by atoms with Crippen molar-refractivity contribution >= 4 is 39.2 Å². The summed E-state index contributed by atoms with van der Waals surface area (Å²) in [5.74, 6) is 0.302. The van der Waals surface area contributed by atoms with Crippen molar-refractivity contribution in [3.05, 3.63) is 86.8 Å². The number of carbonyl (C=O) groups is 1. The van der Waals surface area contributed by atoms with E-state index in [-0.39, 0.29) is 5.56 Å². The number of carboxylic acids is 1. The zero-order valence-electron chi connectivity index (χ0n) is 15.6. The van der Waals surface area contributed by atoms with Gasteiger partial charge in [-0.2, -0.15) is 0 Å². The third-order valence-corrected chi connectivity index (χ3v) is 5.28. The van der Waals surface area contributed by atoms with E-state index >= 15 is 0 Å². The summed E-state index contributed by atoms with van der Waals surface area (Å²) in [6.45, 7) is 0.824. The molecule has 0 spiro atoms. The van der Waals surface area contributed by atoms with E-state index in [0.717, 1.165) is 21.3 Å². The molecule has 0 aliphatic rings. The molecule has 0 unspecified atom stereocenters. The van der Waals surface area contributed by atoms with E-state index in [9.17, 15) is 4.79 Å². The van der Waals surface area contributed by atoms with Crippen molar-refractivity contribution in [1.29, 1.82) is 0 Å². The van der Waals surface area contributed by atoms with Crippen LogP contribution in [0.25, 0.3) is 0 Å². The molecule has 29 heavy (non-hydrogen) atoms. The maximum absolute atomic E-state index is 11.0. The molecule has 0 amide bonds. The maximum atomic E-state index is 11.0. The predicted octanol–water partition coefficient (Wildman–Crippen LogP) is 6.00. The molecule has 3 aromatic carbocycles. The number of benzene rings is 3. The molecule has 0 aliphatic carbocycles. The topological polar surface area (TPSA) is 67.8 Å². The monoisotopic (exact) mass is 475 g/mol. The summed E-state index contributed by atoms with van der Waals surface area (Å²) in [6, 6.07) is 17.8. The van der Waals surface area contributed by atoms with Crippen molar-refractivity contribution in [2.75, 3.05) is 12.4 Å². The lowest BCUT2D eigenvalue weighted by Gasteiger charge is -2.18. The first kappa shape index (κ1) is 21.0. The van der Waals surface area contributed by atoms with Crippen molar-refractivity contribution in [2.45, 2.75) is 13.2 Å². The van der Waals surface area contributed by atoms with Gasteiger partial charge in [-0.05, 0) is 54.1 Å². The third-order valence-electron chi connectivity index (χ3n) is 4.28. The van der Waals surface area contributed by atoms with Crippen molar-refractivity contribution < 1.29 is 19.4 Å². The standard InChI is InChI=1S/C22H19BrClNO4/c1-28-20-11-10-19(23)18(12-25-17-8-4-15(5-9-17)22(26)27)21(20)29-13-14-2-6-16(24)7-3-14/h2-11,25H,12-13H2,1H3,(H,26,27). The Kier molecular flexibility index (Phi) is 7.01. The van der Waals surface area contributed by atoms with Crippen LogP contribution < -0.4 is 14.8 Å². The smallest absolute Gasteiger partial charge is 0.335 e. The van der Waals surface area contributed by atoms with Crippen LogP contribution in [0, 0.1) is 0 Å².